The first-order valence-corrected chi connectivity index (χ1v) is 7.55. The molecular weight excluding hydrogens is 297 g/mol. The third-order valence-corrected chi connectivity index (χ3v) is 4.12. The van der Waals surface area contributed by atoms with Crippen LogP contribution >= 0.6 is 0 Å². The van der Waals surface area contributed by atoms with Crippen molar-refractivity contribution in [1.29, 1.82) is 0 Å². The molecule has 0 radical (unpaired) electrons. The van der Waals surface area contributed by atoms with Gasteiger partial charge < -0.3 is 9.80 Å². The third kappa shape index (κ3) is 3.26. The normalized spacial score (nSPS) is 14.9. The monoisotopic (exact) mass is 315 g/mol. The molecule has 1 heterocycles. The second-order valence-corrected chi connectivity index (χ2v) is 5.70. The van der Waals surface area contributed by atoms with E-state index in [2.05, 4.69) is 30.0 Å². The molecule has 1 aliphatic rings. The molecule has 0 unspecified atom stereocenters. The van der Waals surface area contributed by atoms with E-state index in [1.54, 1.807) is 0 Å². The Labute approximate surface area is 134 Å². The Hall–Kier alpha value is -2.63. The molecule has 23 heavy (non-hydrogen) atoms. The first kappa shape index (κ1) is 15.3. The van der Waals surface area contributed by atoms with E-state index < -0.39 is 10.7 Å². The van der Waals surface area contributed by atoms with Crippen LogP contribution in [0.25, 0.3) is 0 Å². The van der Waals surface area contributed by atoms with Gasteiger partial charge in [-0.15, -0.1) is 0 Å². The maximum absolute atomic E-state index is 13.3. The number of nitro groups is 1. The maximum Gasteiger partial charge on any atom is 0.295 e. The second-order valence-electron chi connectivity index (χ2n) is 5.70. The molecule has 0 spiro atoms. The largest absolute Gasteiger partial charge is 0.368 e. The highest BCUT2D eigenvalue weighted by Gasteiger charge is 2.24. The minimum atomic E-state index is -0.584. The van der Waals surface area contributed by atoms with Crippen molar-refractivity contribution in [1.82, 2.24) is 0 Å². The van der Waals surface area contributed by atoms with E-state index >= 15 is 0 Å². The summed E-state index contributed by atoms with van der Waals surface area (Å²) in [6.45, 7) is 4.94. The average Bonchev–Trinajstić information content (AvgIpc) is 2.55. The summed E-state index contributed by atoms with van der Waals surface area (Å²) in [6.07, 6.45) is 0. The van der Waals surface area contributed by atoms with Gasteiger partial charge in [0, 0.05) is 31.9 Å². The number of aryl methyl sites for hydroxylation is 1. The number of nitro benzene ring substituents is 1. The van der Waals surface area contributed by atoms with Crippen molar-refractivity contribution in [3.63, 3.8) is 0 Å². The topological polar surface area (TPSA) is 49.6 Å². The number of benzene rings is 2. The zero-order chi connectivity index (χ0) is 16.4. The number of hydrogen-bond acceptors (Lipinski definition) is 4. The van der Waals surface area contributed by atoms with Crippen molar-refractivity contribution in [3.8, 4) is 0 Å². The smallest absolute Gasteiger partial charge is 0.295 e. The van der Waals surface area contributed by atoms with Crippen molar-refractivity contribution in [2.24, 2.45) is 0 Å². The predicted molar refractivity (Wildman–Crippen MR) is 88.7 cm³/mol. The van der Waals surface area contributed by atoms with Gasteiger partial charge in [-0.25, -0.2) is 4.39 Å². The van der Waals surface area contributed by atoms with Crippen molar-refractivity contribution in [2.75, 3.05) is 36.0 Å². The first-order valence-electron chi connectivity index (χ1n) is 7.55. The summed E-state index contributed by atoms with van der Waals surface area (Å²) < 4.78 is 13.3. The first-order chi connectivity index (χ1) is 11.0. The van der Waals surface area contributed by atoms with Crippen molar-refractivity contribution < 1.29 is 9.31 Å². The summed E-state index contributed by atoms with van der Waals surface area (Å²) in [4.78, 5) is 14.8. The van der Waals surface area contributed by atoms with Gasteiger partial charge in [0.15, 0.2) is 0 Å². The van der Waals surface area contributed by atoms with E-state index in [0.717, 1.165) is 19.2 Å². The van der Waals surface area contributed by atoms with Crippen molar-refractivity contribution in [2.45, 2.75) is 6.92 Å². The lowest BCUT2D eigenvalue weighted by Crippen LogP contribution is -2.46. The van der Waals surface area contributed by atoms with Crippen LogP contribution in [0.2, 0.25) is 0 Å². The molecule has 0 aromatic heterocycles. The van der Waals surface area contributed by atoms with Gasteiger partial charge in [-0.05, 0) is 36.8 Å². The lowest BCUT2D eigenvalue weighted by atomic mass is 10.1. The minimum Gasteiger partial charge on any atom is -0.368 e. The molecule has 2 aromatic rings. The standard InChI is InChI=1S/C17H18FN3O2/c1-13-3-2-4-15(11-13)19-7-9-20(10-8-19)16-6-5-14(18)12-17(16)21(22)23/h2-6,11-12H,7-10H2,1H3. The van der Waals surface area contributed by atoms with Crippen LogP contribution in [0.5, 0.6) is 0 Å². The average molecular weight is 315 g/mol. The molecule has 0 saturated carbocycles. The van der Waals surface area contributed by atoms with Crippen LogP contribution < -0.4 is 9.80 Å². The molecule has 1 fully saturated rings. The molecule has 0 amide bonds. The van der Waals surface area contributed by atoms with Gasteiger partial charge in [0.1, 0.15) is 11.5 Å². The van der Waals surface area contributed by atoms with E-state index in [1.165, 1.54) is 23.4 Å². The van der Waals surface area contributed by atoms with E-state index in [4.69, 9.17) is 0 Å². The minimum absolute atomic E-state index is 0.172. The van der Waals surface area contributed by atoms with Gasteiger partial charge in [0.2, 0.25) is 0 Å². The van der Waals surface area contributed by atoms with Gasteiger partial charge in [0.25, 0.3) is 5.69 Å². The molecule has 0 N–H and O–H groups in total. The molecule has 0 bridgehead atoms. The number of piperazine rings is 1. The Bertz CT molecular complexity index is 728. The van der Waals surface area contributed by atoms with Gasteiger partial charge in [-0.3, -0.25) is 10.1 Å². The molecule has 0 atom stereocenters. The number of nitrogens with zero attached hydrogens (tertiary/aromatic N) is 3. The third-order valence-electron chi connectivity index (χ3n) is 4.12. The molecule has 1 aliphatic heterocycles. The van der Waals surface area contributed by atoms with Gasteiger partial charge in [-0.1, -0.05) is 12.1 Å². The maximum atomic E-state index is 13.3. The molecule has 6 heteroatoms. The van der Waals surface area contributed by atoms with E-state index in [-0.39, 0.29) is 5.69 Å². The highest BCUT2D eigenvalue weighted by atomic mass is 19.1. The summed E-state index contributed by atoms with van der Waals surface area (Å²) in [5.41, 5.74) is 2.69. The van der Waals surface area contributed by atoms with E-state index in [1.807, 2.05) is 11.0 Å². The lowest BCUT2D eigenvalue weighted by Gasteiger charge is -2.37. The summed E-state index contributed by atoms with van der Waals surface area (Å²) in [7, 11) is 0. The summed E-state index contributed by atoms with van der Waals surface area (Å²) >= 11 is 0. The number of rotatable bonds is 3. The molecule has 1 saturated heterocycles. The van der Waals surface area contributed by atoms with E-state index in [9.17, 15) is 14.5 Å². The van der Waals surface area contributed by atoms with Gasteiger partial charge in [0.05, 0.1) is 11.0 Å². The van der Waals surface area contributed by atoms with Crippen LogP contribution in [0.1, 0.15) is 5.56 Å². The fourth-order valence-electron chi connectivity index (χ4n) is 2.94. The highest BCUT2D eigenvalue weighted by Crippen LogP contribution is 2.30. The summed E-state index contributed by atoms with van der Waals surface area (Å²) in [6, 6.07) is 12.1. The van der Waals surface area contributed by atoms with E-state index in [0.29, 0.717) is 18.8 Å². The molecular formula is C17H18FN3O2. The Morgan fingerprint density at radius 1 is 1.04 bits per heavy atom. The van der Waals surface area contributed by atoms with Crippen LogP contribution in [0, 0.1) is 22.9 Å². The Morgan fingerprint density at radius 3 is 2.39 bits per heavy atom. The Morgan fingerprint density at radius 2 is 1.74 bits per heavy atom. The van der Waals surface area contributed by atoms with Crippen LogP contribution in [0.4, 0.5) is 21.5 Å². The zero-order valence-electron chi connectivity index (χ0n) is 12.9. The van der Waals surface area contributed by atoms with Crippen LogP contribution in [0.3, 0.4) is 0 Å². The predicted octanol–water partition coefficient (Wildman–Crippen LogP) is 3.37. The van der Waals surface area contributed by atoms with Crippen LogP contribution in [0.15, 0.2) is 42.5 Å². The Balaban J connectivity index is 1.76. The molecule has 5 nitrogen and oxygen atoms in total. The number of halogens is 1. The lowest BCUT2D eigenvalue weighted by molar-refractivity contribution is -0.384. The molecule has 120 valence electrons. The fourth-order valence-corrected chi connectivity index (χ4v) is 2.94. The second kappa shape index (κ2) is 6.24. The highest BCUT2D eigenvalue weighted by molar-refractivity contribution is 5.64. The van der Waals surface area contributed by atoms with Crippen molar-refractivity contribution in [3.05, 3.63) is 64.0 Å². The van der Waals surface area contributed by atoms with Gasteiger partial charge >= 0.3 is 0 Å². The van der Waals surface area contributed by atoms with Crippen LogP contribution in [-0.2, 0) is 0 Å². The Kier molecular flexibility index (Phi) is 4.14. The summed E-state index contributed by atoms with van der Waals surface area (Å²) in [5.74, 6) is -0.584. The molecule has 2 aromatic carbocycles. The SMILES string of the molecule is Cc1cccc(N2CCN(c3ccc(F)cc3[N+](=O)[O-])CC2)c1. The molecule has 3 rings (SSSR count). The molecule has 0 aliphatic carbocycles. The number of hydrogen-bond donors (Lipinski definition) is 0. The quantitative estimate of drug-likeness (QED) is 0.643. The van der Waals surface area contributed by atoms with Crippen molar-refractivity contribution >= 4 is 17.1 Å². The summed E-state index contributed by atoms with van der Waals surface area (Å²) in [5, 5.41) is 11.1. The fraction of sp³-hybridized carbons (Fsp3) is 0.294. The van der Waals surface area contributed by atoms with Gasteiger partial charge in [-0.2, -0.15) is 0 Å². The van der Waals surface area contributed by atoms with Crippen LogP contribution in [-0.4, -0.2) is 31.1 Å². The number of anilines is 2. The zero-order valence-corrected chi connectivity index (χ0v) is 12.9.